The van der Waals surface area contributed by atoms with Crippen LogP contribution in [0.1, 0.15) is 56.2 Å². The van der Waals surface area contributed by atoms with Gasteiger partial charge in [-0.3, -0.25) is 19.5 Å². The number of carbonyl (C=O) groups excluding carboxylic acids is 2. The molecule has 0 saturated carbocycles. The molecule has 1 aromatic heterocycles. The fourth-order valence-electron chi connectivity index (χ4n) is 7.59. The molecule has 48 heavy (non-hydrogen) atoms. The quantitative estimate of drug-likeness (QED) is 0.332. The molecule has 0 bridgehead atoms. The molecule has 0 radical (unpaired) electrons. The number of nitrogen functional groups attached to an aromatic ring is 1. The summed E-state index contributed by atoms with van der Waals surface area (Å²) >= 11 is 6.51. The number of piperazine rings is 1. The first-order valence-electron chi connectivity index (χ1n) is 17.5. The van der Waals surface area contributed by atoms with Gasteiger partial charge in [0.05, 0.1) is 22.7 Å². The Labute approximate surface area is 288 Å². The van der Waals surface area contributed by atoms with Gasteiger partial charge in [0.1, 0.15) is 0 Å². The first-order chi connectivity index (χ1) is 23.2. The van der Waals surface area contributed by atoms with Crippen LogP contribution in [0, 0.1) is 5.92 Å². The molecule has 3 aromatic rings. The lowest BCUT2D eigenvalue weighted by atomic mass is 9.91. The van der Waals surface area contributed by atoms with E-state index in [-0.39, 0.29) is 30.0 Å². The second-order valence-corrected chi connectivity index (χ2v) is 14.1. The molecule has 12 heteroatoms. The monoisotopic (exact) mass is 676 g/mol. The van der Waals surface area contributed by atoms with Crippen LogP contribution < -0.4 is 11.4 Å². The molecule has 0 aliphatic carbocycles. The van der Waals surface area contributed by atoms with Crippen LogP contribution in [0.25, 0.3) is 11.4 Å². The molecule has 2 amide bonds. The van der Waals surface area contributed by atoms with Gasteiger partial charge in [-0.05, 0) is 62.8 Å². The molecule has 3 aliphatic heterocycles. The molecule has 1 atom stereocenters. The van der Waals surface area contributed by atoms with Gasteiger partial charge in [0.25, 0.3) is 0 Å². The van der Waals surface area contributed by atoms with Crippen LogP contribution >= 0.6 is 11.6 Å². The summed E-state index contributed by atoms with van der Waals surface area (Å²) in [6.07, 6.45) is 4.44. The largest absolute Gasteiger partial charge is 0.397 e. The van der Waals surface area contributed by atoms with Crippen molar-refractivity contribution < 1.29 is 9.59 Å². The summed E-state index contributed by atoms with van der Waals surface area (Å²) in [7, 11) is 2.17. The molecule has 0 unspecified atom stereocenters. The van der Waals surface area contributed by atoms with E-state index in [0.717, 1.165) is 62.1 Å². The van der Waals surface area contributed by atoms with Crippen molar-refractivity contribution in [3.63, 3.8) is 0 Å². The maximum atomic E-state index is 14.2. The van der Waals surface area contributed by atoms with E-state index in [2.05, 4.69) is 26.9 Å². The van der Waals surface area contributed by atoms with Gasteiger partial charge in [0.2, 0.25) is 11.8 Å². The first-order valence-corrected chi connectivity index (χ1v) is 17.9. The Balaban J connectivity index is 1.11. The van der Waals surface area contributed by atoms with Crippen LogP contribution in [-0.4, -0.2) is 112 Å². The number of anilines is 1. The Morgan fingerprint density at radius 2 is 1.58 bits per heavy atom. The molecule has 3 saturated heterocycles. The van der Waals surface area contributed by atoms with E-state index in [1.807, 2.05) is 59.2 Å². The number of aryl methyl sites for hydroxylation is 1. The number of nitrogens with two attached hydrogens (primary N) is 1. The molecule has 3 fully saturated rings. The predicted octanol–water partition coefficient (Wildman–Crippen LogP) is 3.69. The molecular weight excluding hydrogens is 628 g/mol. The molecule has 11 nitrogen and oxygen atoms in total. The average Bonchev–Trinajstić information content (AvgIpc) is 3.51. The van der Waals surface area contributed by atoms with Gasteiger partial charge in [-0.2, -0.15) is 0 Å². The number of piperidine rings is 2. The van der Waals surface area contributed by atoms with Crippen molar-refractivity contribution >= 4 is 29.1 Å². The van der Waals surface area contributed by atoms with Gasteiger partial charge in [0, 0.05) is 70.4 Å². The summed E-state index contributed by atoms with van der Waals surface area (Å²) in [5, 5.41) is 5.07. The lowest BCUT2D eigenvalue weighted by Crippen LogP contribution is -2.53. The third-order valence-corrected chi connectivity index (χ3v) is 10.9. The van der Waals surface area contributed by atoms with E-state index in [4.69, 9.17) is 17.3 Å². The van der Waals surface area contributed by atoms with Crippen LogP contribution in [0.5, 0.6) is 0 Å². The van der Waals surface area contributed by atoms with Crippen LogP contribution in [-0.2, 0) is 22.4 Å². The number of likely N-dealkylation sites (tertiary alicyclic amines) is 2. The summed E-state index contributed by atoms with van der Waals surface area (Å²) in [5.74, 6) is 0.0533. The van der Waals surface area contributed by atoms with E-state index in [1.54, 1.807) is 0 Å². The predicted molar refractivity (Wildman–Crippen MR) is 189 cm³/mol. The highest BCUT2D eigenvalue weighted by atomic mass is 35.5. The van der Waals surface area contributed by atoms with Gasteiger partial charge in [-0.1, -0.05) is 54.9 Å². The van der Waals surface area contributed by atoms with E-state index in [0.29, 0.717) is 68.0 Å². The fraction of sp³-hybridized carbons (Fsp3) is 0.556. The van der Waals surface area contributed by atoms with Crippen molar-refractivity contribution in [2.24, 2.45) is 5.92 Å². The van der Waals surface area contributed by atoms with E-state index < -0.39 is 5.92 Å². The lowest BCUT2D eigenvalue weighted by molar-refractivity contribution is -0.143. The zero-order valence-electron chi connectivity index (χ0n) is 28.2. The fourth-order valence-corrected chi connectivity index (χ4v) is 7.85. The third-order valence-electron chi connectivity index (χ3n) is 10.6. The van der Waals surface area contributed by atoms with Crippen LogP contribution in [0.3, 0.4) is 0 Å². The molecule has 0 spiro atoms. The molecule has 258 valence electrons. The van der Waals surface area contributed by atoms with Gasteiger partial charge in [-0.15, -0.1) is 5.10 Å². The molecule has 6 rings (SSSR count). The number of aromatic nitrogens is 3. The number of amides is 2. The highest BCUT2D eigenvalue weighted by molar-refractivity contribution is 6.33. The first kappa shape index (κ1) is 34.2. The molecule has 3 N–H and O–H groups in total. The van der Waals surface area contributed by atoms with Crippen LogP contribution in [0.4, 0.5) is 5.69 Å². The van der Waals surface area contributed by atoms with Crippen molar-refractivity contribution in [1.82, 2.24) is 34.4 Å². The van der Waals surface area contributed by atoms with Gasteiger partial charge < -0.3 is 20.4 Å². The Kier molecular flexibility index (Phi) is 10.9. The number of aromatic amines is 1. The number of hydrogen-bond donors (Lipinski definition) is 2. The van der Waals surface area contributed by atoms with Crippen molar-refractivity contribution in [1.29, 1.82) is 0 Å². The number of likely N-dealkylation sites (N-methyl/N-ethyl adjacent to an activating group) is 1. The Morgan fingerprint density at radius 1 is 0.938 bits per heavy atom. The average molecular weight is 677 g/mol. The zero-order chi connectivity index (χ0) is 33.8. The molecule has 2 aromatic carbocycles. The summed E-state index contributed by atoms with van der Waals surface area (Å²) in [6, 6.07) is 13.9. The topological polar surface area (TPSA) is 124 Å². The van der Waals surface area contributed by atoms with E-state index >= 15 is 0 Å². The smallest absolute Gasteiger partial charge is 0.343 e. The number of H-pyrrole nitrogens is 1. The van der Waals surface area contributed by atoms with Crippen LogP contribution in [0.2, 0.25) is 5.02 Å². The standard InChI is InChI=1S/C36H49ClN8O3/c1-3-26-21-25(23-31(37)33(26)38)22-28(35(47)44-15-9-29(10-16-44)42-19-17-41(2)18-20-42)24-32(46)43-13-11-30(12-14-43)45-36(48)39-34(40-45)27-7-5-4-6-8-27/h4-8,21,23,28-30H,3,9-20,22,24,38H2,1-2H3,(H,39,40,48)/t28-/m0/s1. The number of nitrogens with zero attached hydrogens (tertiary/aromatic N) is 6. The number of carbonyl (C=O) groups is 2. The zero-order valence-corrected chi connectivity index (χ0v) is 29.0. The SMILES string of the molecule is CCc1cc(C[C@@H](CC(=O)N2CCC(n3nc(-c4ccccc4)[nH]c3=O)CC2)C(=O)N2CCC(N3CCN(C)CC3)CC2)cc(Cl)c1N. The summed E-state index contributed by atoms with van der Waals surface area (Å²) in [4.78, 5) is 52.4. The minimum absolute atomic E-state index is 0.0317. The number of halogens is 1. The number of rotatable bonds is 9. The molecule has 3 aliphatic rings. The molecule has 4 heterocycles. The van der Waals surface area contributed by atoms with Crippen molar-refractivity contribution in [2.75, 3.05) is 65.1 Å². The maximum Gasteiger partial charge on any atom is 0.343 e. The third kappa shape index (κ3) is 7.79. The van der Waals surface area contributed by atoms with Crippen molar-refractivity contribution in [3.8, 4) is 11.4 Å². The summed E-state index contributed by atoms with van der Waals surface area (Å²) < 4.78 is 1.53. The maximum absolute atomic E-state index is 14.2. The minimum atomic E-state index is -0.498. The summed E-state index contributed by atoms with van der Waals surface area (Å²) in [5.41, 5.74) is 9.29. The highest BCUT2D eigenvalue weighted by Crippen LogP contribution is 2.30. The second-order valence-electron chi connectivity index (χ2n) is 13.7. The van der Waals surface area contributed by atoms with E-state index in [1.165, 1.54) is 4.68 Å². The van der Waals surface area contributed by atoms with Crippen LogP contribution in [0.15, 0.2) is 47.3 Å². The number of nitrogens with one attached hydrogen (secondary N) is 1. The lowest BCUT2D eigenvalue weighted by Gasteiger charge is -2.42. The molecular formula is C36H49ClN8O3. The Bertz CT molecular complexity index is 1620. The number of benzene rings is 2. The number of hydrogen-bond acceptors (Lipinski definition) is 7. The van der Waals surface area contributed by atoms with Crippen molar-refractivity contribution in [2.45, 2.75) is 64.0 Å². The van der Waals surface area contributed by atoms with Gasteiger partial charge in [0.15, 0.2) is 5.82 Å². The van der Waals surface area contributed by atoms with Gasteiger partial charge in [-0.25, -0.2) is 9.48 Å². The second kappa shape index (κ2) is 15.3. The normalized spacial score (nSPS) is 19.5. The van der Waals surface area contributed by atoms with Gasteiger partial charge >= 0.3 is 5.69 Å². The van der Waals surface area contributed by atoms with Crippen molar-refractivity contribution in [3.05, 3.63) is 69.1 Å². The summed E-state index contributed by atoms with van der Waals surface area (Å²) in [6.45, 7) is 8.77. The van der Waals surface area contributed by atoms with E-state index in [9.17, 15) is 14.4 Å². The minimum Gasteiger partial charge on any atom is -0.397 e. The Morgan fingerprint density at radius 3 is 2.25 bits per heavy atom. The highest BCUT2D eigenvalue weighted by Gasteiger charge is 2.34. The Hall–Kier alpha value is -3.67.